The maximum atomic E-state index is 12.6. The van der Waals surface area contributed by atoms with Crippen LogP contribution in [0.3, 0.4) is 0 Å². The minimum Gasteiger partial charge on any atom is -0.459 e. The zero-order chi connectivity index (χ0) is 20.4. The molecule has 0 aromatic carbocycles. The summed E-state index contributed by atoms with van der Waals surface area (Å²) in [5.74, 6) is -0.0184. The molecule has 29 heavy (non-hydrogen) atoms. The highest BCUT2D eigenvalue weighted by Crippen LogP contribution is 2.35. The van der Waals surface area contributed by atoms with Gasteiger partial charge in [-0.15, -0.1) is 0 Å². The number of hydrogen-bond acceptors (Lipinski definition) is 5. The minimum absolute atomic E-state index is 0.0160. The first kappa shape index (κ1) is 19.5. The van der Waals surface area contributed by atoms with Gasteiger partial charge in [0, 0.05) is 39.1 Å². The second-order valence-corrected chi connectivity index (χ2v) is 7.93. The van der Waals surface area contributed by atoms with Gasteiger partial charge >= 0.3 is 6.03 Å². The maximum Gasteiger partial charge on any atom is 0.325 e. The molecule has 0 atom stereocenters. The third-order valence-corrected chi connectivity index (χ3v) is 6.13. The van der Waals surface area contributed by atoms with Gasteiger partial charge in [-0.2, -0.15) is 0 Å². The van der Waals surface area contributed by atoms with Crippen molar-refractivity contribution >= 4 is 23.8 Å². The number of nitrogens with one attached hydrogen (secondary N) is 1. The molecule has 0 bridgehead atoms. The van der Waals surface area contributed by atoms with Gasteiger partial charge in [0.1, 0.15) is 5.54 Å². The number of piperazine rings is 1. The Morgan fingerprint density at radius 3 is 2.41 bits per heavy atom. The Bertz CT molecular complexity index is 792. The summed E-state index contributed by atoms with van der Waals surface area (Å²) in [6.45, 7) is 2.12. The molecule has 2 aliphatic heterocycles. The summed E-state index contributed by atoms with van der Waals surface area (Å²) in [6, 6.07) is 2.97. The number of carbonyl (C=O) groups excluding carboxylic acids is 4. The molecule has 3 fully saturated rings. The van der Waals surface area contributed by atoms with Gasteiger partial charge in [0.2, 0.25) is 5.91 Å². The van der Waals surface area contributed by atoms with Crippen LogP contribution in [0.4, 0.5) is 4.79 Å². The van der Waals surface area contributed by atoms with E-state index in [-0.39, 0.29) is 36.7 Å². The number of hydrogen-bond donors (Lipinski definition) is 1. The Kier molecular flexibility index (Phi) is 5.29. The average molecular weight is 402 g/mol. The SMILES string of the molecule is O=C(CCCN1C(=O)NC2(CCCC2)C1=O)N1CCN(C(=O)c2ccco2)CC1. The average Bonchev–Trinajstić information content (AvgIpc) is 3.46. The van der Waals surface area contributed by atoms with Crippen molar-refractivity contribution in [2.45, 2.75) is 44.1 Å². The van der Waals surface area contributed by atoms with E-state index in [1.54, 1.807) is 21.9 Å². The van der Waals surface area contributed by atoms with Crippen molar-refractivity contribution < 1.29 is 23.6 Å². The Balaban J connectivity index is 1.21. The van der Waals surface area contributed by atoms with E-state index in [0.717, 1.165) is 12.8 Å². The van der Waals surface area contributed by atoms with Crippen molar-refractivity contribution in [1.29, 1.82) is 0 Å². The lowest BCUT2D eigenvalue weighted by molar-refractivity contribution is -0.134. The van der Waals surface area contributed by atoms with E-state index in [9.17, 15) is 19.2 Å². The van der Waals surface area contributed by atoms with E-state index in [4.69, 9.17) is 4.42 Å². The quantitative estimate of drug-likeness (QED) is 0.746. The highest BCUT2D eigenvalue weighted by molar-refractivity contribution is 6.07. The summed E-state index contributed by atoms with van der Waals surface area (Å²) in [7, 11) is 0. The molecule has 1 N–H and O–H groups in total. The molecule has 156 valence electrons. The topological polar surface area (TPSA) is 103 Å². The fourth-order valence-corrected chi connectivity index (χ4v) is 4.46. The summed E-state index contributed by atoms with van der Waals surface area (Å²) >= 11 is 0. The number of nitrogens with zero attached hydrogens (tertiary/aromatic N) is 3. The van der Waals surface area contributed by atoms with Gasteiger partial charge < -0.3 is 19.5 Å². The van der Waals surface area contributed by atoms with Crippen LogP contribution in [0.5, 0.6) is 0 Å². The molecule has 1 saturated carbocycles. The Morgan fingerprint density at radius 1 is 1.07 bits per heavy atom. The molecule has 1 aromatic heterocycles. The standard InChI is InChI=1S/C20H26N4O5/c25-16(22-10-12-23(13-11-22)17(26)15-5-4-14-29-15)6-3-9-24-18(27)20(21-19(24)28)7-1-2-8-20/h4-5,14H,1-3,6-13H2,(H,21,28). The molecule has 0 unspecified atom stereocenters. The zero-order valence-electron chi connectivity index (χ0n) is 16.4. The van der Waals surface area contributed by atoms with Crippen molar-refractivity contribution in [2.24, 2.45) is 0 Å². The lowest BCUT2D eigenvalue weighted by Crippen LogP contribution is -2.50. The number of amides is 5. The van der Waals surface area contributed by atoms with Crippen molar-refractivity contribution in [3.05, 3.63) is 24.2 Å². The van der Waals surface area contributed by atoms with Crippen LogP contribution in [0, 0.1) is 0 Å². The summed E-state index contributed by atoms with van der Waals surface area (Å²) in [5, 5.41) is 2.85. The molecule has 1 spiro atoms. The molecule has 2 saturated heterocycles. The zero-order valence-corrected chi connectivity index (χ0v) is 16.4. The predicted octanol–water partition coefficient (Wildman–Crippen LogP) is 1.21. The van der Waals surface area contributed by atoms with E-state index in [2.05, 4.69) is 5.32 Å². The lowest BCUT2D eigenvalue weighted by atomic mass is 9.98. The predicted molar refractivity (Wildman–Crippen MR) is 102 cm³/mol. The van der Waals surface area contributed by atoms with Gasteiger partial charge in [-0.1, -0.05) is 12.8 Å². The van der Waals surface area contributed by atoms with Gasteiger partial charge in [-0.3, -0.25) is 19.3 Å². The van der Waals surface area contributed by atoms with Crippen LogP contribution < -0.4 is 5.32 Å². The van der Waals surface area contributed by atoms with Crippen LogP contribution in [0.25, 0.3) is 0 Å². The van der Waals surface area contributed by atoms with Crippen LogP contribution in [0.1, 0.15) is 49.1 Å². The summed E-state index contributed by atoms with van der Waals surface area (Å²) in [4.78, 5) is 54.2. The number of urea groups is 1. The number of carbonyl (C=O) groups is 4. The normalized spacial score (nSPS) is 21.2. The first-order chi connectivity index (χ1) is 14.0. The number of rotatable bonds is 5. The molecule has 3 heterocycles. The van der Waals surface area contributed by atoms with E-state index < -0.39 is 5.54 Å². The molecule has 5 amide bonds. The van der Waals surface area contributed by atoms with Crippen molar-refractivity contribution in [3.63, 3.8) is 0 Å². The molecule has 0 radical (unpaired) electrons. The molecule has 9 nitrogen and oxygen atoms in total. The third kappa shape index (κ3) is 3.73. The fourth-order valence-electron chi connectivity index (χ4n) is 4.46. The van der Waals surface area contributed by atoms with Gasteiger partial charge in [0.25, 0.3) is 11.8 Å². The van der Waals surface area contributed by atoms with E-state index >= 15 is 0 Å². The van der Waals surface area contributed by atoms with Gasteiger partial charge in [0.15, 0.2) is 5.76 Å². The lowest BCUT2D eigenvalue weighted by Gasteiger charge is -2.34. The third-order valence-electron chi connectivity index (χ3n) is 6.13. The van der Waals surface area contributed by atoms with Crippen LogP contribution in [-0.4, -0.2) is 76.7 Å². The van der Waals surface area contributed by atoms with E-state index in [1.807, 2.05) is 0 Å². The van der Waals surface area contributed by atoms with Crippen LogP contribution in [0.15, 0.2) is 22.8 Å². The maximum absolute atomic E-state index is 12.6. The smallest absolute Gasteiger partial charge is 0.325 e. The largest absolute Gasteiger partial charge is 0.459 e. The van der Waals surface area contributed by atoms with Gasteiger partial charge in [0.05, 0.1) is 6.26 Å². The molecular formula is C20H26N4O5. The highest BCUT2D eigenvalue weighted by atomic mass is 16.3. The van der Waals surface area contributed by atoms with E-state index in [0.29, 0.717) is 51.2 Å². The second-order valence-electron chi connectivity index (χ2n) is 7.93. The Morgan fingerprint density at radius 2 is 1.76 bits per heavy atom. The molecule has 9 heteroatoms. The van der Waals surface area contributed by atoms with Crippen molar-refractivity contribution in [3.8, 4) is 0 Å². The van der Waals surface area contributed by atoms with E-state index in [1.165, 1.54) is 11.2 Å². The monoisotopic (exact) mass is 402 g/mol. The van der Waals surface area contributed by atoms with Gasteiger partial charge in [-0.25, -0.2) is 4.79 Å². The van der Waals surface area contributed by atoms with Crippen molar-refractivity contribution in [2.75, 3.05) is 32.7 Å². The molecule has 3 aliphatic rings. The van der Waals surface area contributed by atoms with Crippen LogP contribution in [-0.2, 0) is 9.59 Å². The molecule has 1 aromatic rings. The Hall–Kier alpha value is -2.84. The van der Waals surface area contributed by atoms with Gasteiger partial charge in [-0.05, 0) is 31.4 Å². The first-order valence-electron chi connectivity index (χ1n) is 10.2. The van der Waals surface area contributed by atoms with Crippen LogP contribution >= 0.6 is 0 Å². The highest BCUT2D eigenvalue weighted by Gasteiger charge is 2.52. The summed E-state index contributed by atoms with van der Waals surface area (Å²) < 4.78 is 5.14. The van der Waals surface area contributed by atoms with Crippen molar-refractivity contribution in [1.82, 2.24) is 20.0 Å². The molecular weight excluding hydrogens is 376 g/mol. The Labute approximate surface area is 169 Å². The molecule has 4 rings (SSSR count). The first-order valence-corrected chi connectivity index (χ1v) is 10.2. The van der Waals surface area contributed by atoms with Crippen LogP contribution in [0.2, 0.25) is 0 Å². The number of imide groups is 1. The fraction of sp³-hybridized carbons (Fsp3) is 0.600. The molecule has 1 aliphatic carbocycles. The minimum atomic E-state index is -0.696. The summed E-state index contributed by atoms with van der Waals surface area (Å²) in [6.07, 6.45) is 5.49. The second kappa shape index (κ2) is 7.88. The number of furan rings is 1. The summed E-state index contributed by atoms with van der Waals surface area (Å²) in [5.41, 5.74) is -0.696.